The summed E-state index contributed by atoms with van der Waals surface area (Å²) in [5.41, 5.74) is 1.70. The first kappa shape index (κ1) is 7.90. The van der Waals surface area contributed by atoms with Crippen LogP contribution in [0.4, 0.5) is 0 Å². The lowest BCUT2D eigenvalue weighted by Gasteiger charge is -2.44. The molecule has 1 aliphatic heterocycles. The number of hydrogen-bond acceptors (Lipinski definition) is 1. The van der Waals surface area contributed by atoms with Gasteiger partial charge in [-0.2, -0.15) is 0 Å². The number of fused-ring (bicyclic) bond motifs is 2. The van der Waals surface area contributed by atoms with Crippen molar-refractivity contribution in [3.8, 4) is 0 Å². The molecule has 0 bridgehead atoms. The zero-order chi connectivity index (χ0) is 9.00. The number of ether oxygens (including phenoxy) is 1. The lowest BCUT2D eigenvalue weighted by molar-refractivity contribution is 0.0656. The summed E-state index contributed by atoms with van der Waals surface area (Å²) in [5.74, 6) is 5.13. The summed E-state index contributed by atoms with van der Waals surface area (Å²) in [6.07, 6.45) is 3.96. The van der Waals surface area contributed by atoms with Crippen molar-refractivity contribution in [2.24, 2.45) is 23.7 Å². The van der Waals surface area contributed by atoms with Crippen LogP contribution >= 0.6 is 0 Å². The average molecular weight is 178 g/mol. The molecular weight excluding hydrogens is 160 g/mol. The van der Waals surface area contributed by atoms with Crippen LogP contribution in [0.3, 0.4) is 0 Å². The molecule has 72 valence electrons. The Morgan fingerprint density at radius 3 is 3.00 bits per heavy atom. The Morgan fingerprint density at radius 1 is 1.38 bits per heavy atom. The maximum atomic E-state index is 5.67. The SMILES string of the molecule is CC(C)C1CC2CC3=C(CCO3)C21. The summed E-state index contributed by atoms with van der Waals surface area (Å²) in [5, 5.41) is 0. The van der Waals surface area contributed by atoms with Crippen molar-refractivity contribution < 1.29 is 4.74 Å². The van der Waals surface area contributed by atoms with Gasteiger partial charge in [-0.05, 0) is 35.7 Å². The van der Waals surface area contributed by atoms with Gasteiger partial charge in [0.1, 0.15) is 0 Å². The van der Waals surface area contributed by atoms with Gasteiger partial charge in [0.05, 0.1) is 12.4 Å². The number of allylic oxidation sites excluding steroid dienone is 1. The first-order valence-corrected chi connectivity index (χ1v) is 5.62. The highest BCUT2D eigenvalue weighted by Crippen LogP contribution is 2.58. The van der Waals surface area contributed by atoms with Crippen LogP contribution in [0.25, 0.3) is 0 Å². The van der Waals surface area contributed by atoms with E-state index in [1.54, 1.807) is 5.57 Å². The molecule has 3 unspecified atom stereocenters. The number of hydrogen-bond donors (Lipinski definition) is 0. The van der Waals surface area contributed by atoms with E-state index in [0.717, 1.165) is 30.3 Å². The second-order valence-corrected chi connectivity index (χ2v) is 5.18. The molecule has 0 N–H and O–H groups in total. The van der Waals surface area contributed by atoms with Gasteiger partial charge in [0.25, 0.3) is 0 Å². The molecule has 1 heterocycles. The van der Waals surface area contributed by atoms with Crippen LogP contribution in [-0.2, 0) is 4.74 Å². The standard InChI is InChI=1S/C12H18O/c1-7(2)10-5-8-6-11-9(12(8)10)3-4-13-11/h7-8,10,12H,3-6H2,1-2H3. The zero-order valence-corrected chi connectivity index (χ0v) is 8.55. The Balaban J connectivity index is 1.83. The molecule has 0 spiro atoms. The van der Waals surface area contributed by atoms with E-state index in [1.165, 1.54) is 25.0 Å². The van der Waals surface area contributed by atoms with Gasteiger partial charge in [-0.1, -0.05) is 13.8 Å². The molecule has 0 radical (unpaired) electrons. The maximum absolute atomic E-state index is 5.67. The first-order valence-electron chi connectivity index (χ1n) is 5.62. The van der Waals surface area contributed by atoms with E-state index in [1.807, 2.05) is 0 Å². The van der Waals surface area contributed by atoms with Crippen molar-refractivity contribution in [3.63, 3.8) is 0 Å². The highest BCUT2D eigenvalue weighted by atomic mass is 16.5. The van der Waals surface area contributed by atoms with E-state index < -0.39 is 0 Å². The fraction of sp³-hybridized carbons (Fsp3) is 0.833. The minimum absolute atomic E-state index is 0.869. The summed E-state index contributed by atoms with van der Waals surface area (Å²) in [7, 11) is 0. The van der Waals surface area contributed by atoms with E-state index in [0.29, 0.717) is 0 Å². The zero-order valence-electron chi connectivity index (χ0n) is 8.55. The quantitative estimate of drug-likeness (QED) is 0.600. The van der Waals surface area contributed by atoms with Gasteiger partial charge in [-0.15, -0.1) is 0 Å². The summed E-state index contributed by atoms with van der Waals surface area (Å²) >= 11 is 0. The van der Waals surface area contributed by atoms with Crippen LogP contribution in [0.1, 0.15) is 33.1 Å². The molecule has 1 heteroatoms. The van der Waals surface area contributed by atoms with Crippen LogP contribution in [0.15, 0.2) is 11.3 Å². The Kier molecular flexibility index (Phi) is 1.53. The number of rotatable bonds is 1. The van der Waals surface area contributed by atoms with Gasteiger partial charge < -0.3 is 4.74 Å². The van der Waals surface area contributed by atoms with E-state index in [2.05, 4.69) is 13.8 Å². The molecule has 0 aromatic heterocycles. The minimum Gasteiger partial charge on any atom is -0.498 e. The van der Waals surface area contributed by atoms with Crippen molar-refractivity contribution in [2.45, 2.75) is 33.1 Å². The monoisotopic (exact) mass is 178 g/mol. The summed E-state index contributed by atoms with van der Waals surface area (Å²) in [6.45, 7) is 5.71. The molecule has 3 aliphatic rings. The van der Waals surface area contributed by atoms with Crippen molar-refractivity contribution >= 4 is 0 Å². The minimum atomic E-state index is 0.869. The van der Waals surface area contributed by atoms with E-state index in [9.17, 15) is 0 Å². The lowest BCUT2D eigenvalue weighted by atomic mass is 9.60. The molecule has 1 fully saturated rings. The molecule has 2 aliphatic carbocycles. The van der Waals surface area contributed by atoms with Crippen molar-refractivity contribution in [3.05, 3.63) is 11.3 Å². The van der Waals surface area contributed by atoms with Gasteiger partial charge in [0.15, 0.2) is 0 Å². The topological polar surface area (TPSA) is 9.23 Å². The van der Waals surface area contributed by atoms with Gasteiger partial charge in [0, 0.05) is 12.8 Å². The van der Waals surface area contributed by atoms with Crippen LogP contribution < -0.4 is 0 Å². The van der Waals surface area contributed by atoms with E-state index >= 15 is 0 Å². The largest absolute Gasteiger partial charge is 0.498 e. The molecule has 0 saturated heterocycles. The molecule has 0 aromatic rings. The molecule has 3 rings (SSSR count). The summed E-state index contributed by atoms with van der Waals surface area (Å²) in [6, 6.07) is 0. The van der Waals surface area contributed by atoms with Crippen LogP contribution in [0.5, 0.6) is 0 Å². The first-order chi connectivity index (χ1) is 6.27. The van der Waals surface area contributed by atoms with Gasteiger partial charge >= 0.3 is 0 Å². The van der Waals surface area contributed by atoms with Gasteiger partial charge in [0.2, 0.25) is 0 Å². The van der Waals surface area contributed by atoms with Crippen LogP contribution in [-0.4, -0.2) is 6.61 Å². The Hall–Kier alpha value is -0.460. The Morgan fingerprint density at radius 2 is 2.23 bits per heavy atom. The predicted molar refractivity (Wildman–Crippen MR) is 52.1 cm³/mol. The third-order valence-electron chi connectivity index (χ3n) is 4.26. The molecular formula is C12H18O. The van der Waals surface area contributed by atoms with E-state index in [-0.39, 0.29) is 0 Å². The van der Waals surface area contributed by atoms with Gasteiger partial charge in [-0.3, -0.25) is 0 Å². The highest BCUT2D eigenvalue weighted by molar-refractivity contribution is 5.28. The average Bonchev–Trinajstić information content (AvgIpc) is 2.51. The third kappa shape index (κ3) is 0.934. The lowest BCUT2D eigenvalue weighted by Crippen LogP contribution is -2.38. The summed E-state index contributed by atoms with van der Waals surface area (Å²) in [4.78, 5) is 0. The molecule has 3 atom stereocenters. The second-order valence-electron chi connectivity index (χ2n) is 5.18. The van der Waals surface area contributed by atoms with Gasteiger partial charge in [-0.25, -0.2) is 0 Å². The summed E-state index contributed by atoms with van der Waals surface area (Å²) < 4.78 is 5.67. The Labute approximate surface area is 80.2 Å². The highest BCUT2D eigenvalue weighted by Gasteiger charge is 2.50. The Bertz CT molecular complexity index is 264. The predicted octanol–water partition coefficient (Wildman–Crippen LogP) is 2.97. The molecule has 13 heavy (non-hydrogen) atoms. The van der Waals surface area contributed by atoms with Crippen molar-refractivity contribution in [2.75, 3.05) is 6.61 Å². The molecule has 1 nitrogen and oxygen atoms in total. The van der Waals surface area contributed by atoms with Crippen LogP contribution in [0, 0.1) is 23.7 Å². The van der Waals surface area contributed by atoms with E-state index in [4.69, 9.17) is 4.74 Å². The van der Waals surface area contributed by atoms with Crippen LogP contribution in [0.2, 0.25) is 0 Å². The smallest absolute Gasteiger partial charge is 0.0959 e. The second kappa shape index (κ2) is 2.52. The third-order valence-corrected chi connectivity index (χ3v) is 4.26. The fourth-order valence-electron chi connectivity index (χ4n) is 3.53. The fourth-order valence-corrected chi connectivity index (χ4v) is 3.53. The van der Waals surface area contributed by atoms with Crippen molar-refractivity contribution in [1.29, 1.82) is 0 Å². The van der Waals surface area contributed by atoms with Crippen molar-refractivity contribution in [1.82, 2.24) is 0 Å². The molecule has 0 amide bonds. The maximum Gasteiger partial charge on any atom is 0.0959 e. The molecule has 0 aromatic carbocycles. The normalized spacial score (nSPS) is 41.6. The molecule has 1 saturated carbocycles.